The van der Waals surface area contributed by atoms with Crippen LogP contribution in [0.3, 0.4) is 0 Å². The summed E-state index contributed by atoms with van der Waals surface area (Å²) in [5, 5.41) is 2.78. The summed E-state index contributed by atoms with van der Waals surface area (Å²) < 4.78 is 18.7. The third-order valence-corrected chi connectivity index (χ3v) is 4.56. The van der Waals surface area contributed by atoms with Gasteiger partial charge >= 0.3 is 0 Å². The zero-order chi connectivity index (χ0) is 20.4. The Balaban J connectivity index is 1.73. The van der Waals surface area contributed by atoms with Crippen LogP contribution in [0.15, 0.2) is 48.5 Å². The minimum atomic E-state index is -0.266. The molecular formula is C22H27FN2O3. The minimum absolute atomic E-state index is 0.0623. The highest BCUT2D eigenvalue weighted by atomic mass is 19.1. The van der Waals surface area contributed by atoms with Gasteiger partial charge in [0, 0.05) is 33.0 Å². The second kappa shape index (κ2) is 11.1. The van der Waals surface area contributed by atoms with Crippen LogP contribution in [-0.4, -0.2) is 43.5 Å². The van der Waals surface area contributed by atoms with E-state index < -0.39 is 0 Å². The highest BCUT2D eigenvalue weighted by Gasteiger charge is 2.11. The Kier molecular flexibility index (Phi) is 8.46. The molecule has 0 atom stereocenters. The number of hydrogen-bond donors (Lipinski definition) is 1. The Morgan fingerprint density at radius 3 is 2.39 bits per heavy atom. The Morgan fingerprint density at radius 2 is 1.75 bits per heavy atom. The van der Waals surface area contributed by atoms with E-state index in [0.717, 1.165) is 11.3 Å². The molecule has 2 aromatic rings. The first-order valence-electron chi connectivity index (χ1n) is 9.38. The van der Waals surface area contributed by atoms with Crippen molar-refractivity contribution in [3.05, 3.63) is 65.5 Å². The van der Waals surface area contributed by atoms with Crippen molar-refractivity contribution in [2.75, 3.05) is 26.7 Å². The van der Waals surface area contributed by atoms with Crippen molar-refractivity contribution in [3.8, 4) is 5.75 Å². The fourth-order valence-corrected chi connectivity index (χ4v) is 2.85. The minimum Gasteiger partial charge on any atom is -0.497 e. The van der Waals surface area contributed by atoms with Crippen LogP contribution in [0.5, 0.6) is 5.75 Å². The van der Waals surface area contributed by atoms with E-state index in [1.165, 1.54) is 13.0 Å². The number of hydrogen-bond acceptors (Lipinski definition) is 3. The molecule has 0 radical (unpaired) electrons. The lowest BCUT2D eigenvalue weighted by atomic mass is 10.1. The van der Waals surface area contributed by atoms with E-state index >= 15 is 0 Å². The molecule has 0 aliphatic heterocycles. The topological polar surface area (TPSA) is 58.6 Å². The third-order valence-electron chi connectivity index (χ3n) is 4.56. The maximum Gasteiger partial charge on any atom is 0.221 e. The van der Waals surface area contributed by atoms with Crippen LogP contribution in [-0.2, 0) is 22.4 Å². The summed E-state index contributed by atoms with van der Waals surface area (Å²) in [5.41, 5.74) is 1.68. The molecule has 0 saturated heterocycles. The average Bonchev–Trinajstić information content (AvgIpc) is 2.69. The molecule has 0 aliphatic carbocycles. The highest BCUT2D eigenvalue weighted by Crippen LogP contribution is 2.12. The standard InChI is InChI=1S/C22H27FN2O3/c1-17(26)25(15-12-18-7-9-20(28-2)10-8-18)16-13-22(27)24-14-11-19-5-3-4-6-21(19)23/h3-10H,11-16H2,1-2H3,(H,24,27). The van der Waals surface area contributed by atoms with E-state index in [9.17, 15) is 14.0 Å². The number of rotatable bonds is 10. The molecule has 0 spiro atoms. The van der Waals surface area contributed by atoms with Gasteiger partial charge in [-0.2, -0.15) is 0 Å². The van der Waals surface area contributed by atoms with Gasteiger partial charge in [0.15, 0.2) is 0 Å². The smallest absolute Gasteiger partial charge is 0.221 e. The molecule has 0 saturated carbocycles. The van der Waals surface area contributed by atoms with E-state index in [-0.39, 0.29) is 24.1 Å². The van der Waals surface area contributed by atoms with Gasteiger partial charge in [-0.25, -0.2) is 4.39 Å². The maximum absolute atomic E-state index is 13.6. The van der Waals surface area contributed by atoms with E-state index in [4.69, 9.17) is 4.74 Å². The summed E-state index contributed by atoms with van der Waals surface area (Å²) in [4.78, 5) is 25.5. The van der Waals surface area contributed by atoms with E-state index in [2.05, 4.69) is 5.32 Å². The van der Waals surface area contributed by atoms with Crippen LogP contribution < -0.4 is 10.1 Å². The highest BCUT2D eigenvalue weighted by molar-refractivity contribution is 5.78. The molecule has 2 aromatic carbocycles. The van der Waals surface area contributed by atoms with Crippen molar-refractivity contribution in [1.29, 1.82) is 0 Å². The van der Waals surface area contributed by atoms with Crippen molar-refractivity contribution >= 4 is 11.8 Å². The second-order valence-electron chi connectivity index (χ2n) is 6.55. The Bertz CT molecular complexity index is 778. The molecular weight excluding hydrogens is 359 g/mol. The number of carbonyl (C=O) groups is 2. The van der Waals surface area contributed by atoms with E-state index in [1.54, 1.807) is 30.2 Å². The number of carbonyl (C=O) groups excluding carboxylic acids is 2. The molecule has 0 fully saturated rings. The predicted octanol–water partition coefficient (Wildman–Crippen LogP) is 2.97. The summed E-state index contributed by atoms with van der Waals surface area (Å²) in [6, 6.07) is 14.2. The van der Waals surface area contributed by atoms with Gasteiger partial charge in [-0.05, 0) is 42.2 Å². The number of ether oxygens (including phenoxy) is 1. The molecule has 28 heavy (non-hydrogen) atoms. The Labute approximate surface area is 165 Å². The van der Waals surface area contributed by atoms with E-state index in [1.807, 2.05) is 24.3 Å². The fourth-order valence-electron chi connectivity index (χ4n) is 2.85. The van der Waals surface area contributed by atoms with Gasteiger partial charge < -0.3 is 15.0 Å². The van der Waals surface area contributed by atoms with Crippen LogP contribution in [0.1, 0.15) is 24.5 Å². The summed E-state index contributed by atoms with van der Waals surface area (Å²) >= 11 is 0. The molecule has 0 aromatic heterocycles. The SMILES string of the molecule is COc1ccc(CCN(CCC(=O)NCCc2ccccc2F)C(C)=O)cc1. The van der Waals surface area contributed by atoms with Gasteiger partial charge in [0.2, 0.25) is 11.8 Å². The molecule has 0 heterocycles. The van der Waals surface area contributed by atoms with Crippen molar-refractivity contribution in [2.45, 2.75) is 26.2 Å². The van der Waals surface area contributed by atoms with Crippen LogP contribution in [0, 0.1) is 5.82 Å². The molecule has 2 rings (SSSR count). The normalized spacial score (nSPS) is 10.4. The van der Waals surface area contributed by atoms with Crippen molar-refractivity contribution in [3.63, 3.8) is 0 Å². The second-order valence-corrected chi connectivity index (χ2v) is 6.55. The number of benzene rings is 2. The van der Waals surface area contributed by atoms with E-state index in [0.29, 0.717) is 38.0 Å². The van der Waals surface area contributed by atoms with Crippen LogP contribution in [0.4, 0.5) is 4.39 Å². The predicted molar refractivity (Wildman–Crippen MR) is 107 cm³/mol. The fraction of sp³-hybridized carbons (Fsp3) is 0.364. The number of amides is 2. The molecule has 5 nitrogen and oxygen atoms in total. The first-order chi connectivity index (χ1) is 13.5. The van der Waals surface area contributed by atoms with Gasteiger partial charge in [0.25, 0.3) is 0 Å². The summed E-state index contributed by atoms with van der Waals surface area (Å²) in [5.74, 6) is 0.317. The zero-order valence-electron chi connectivity index (χ0n) is 16.4. The number of methoxy groups -OCH3 is 1. The lowest BCUT2D eigenvalue weighted by Gasteiger charge is -2.21. The Hall–Kier alpha value is -2.89. The quantitative estimate of drug-likeness (QED) is 0.683. The zero-order valence-corrected chi connectivity index (χ0v) is 16.4. The molecule has 0 unspecified atom stereocenters. The summed E-state index contributed by atoms with van der Waals surface area (Å²) in [6.07, 6.45) is 1.37. The number of halogens is 1. The first kappa shape index (κ1) is 21.4. The van der Waals surface area contributed by atoms with Gasteiger partial charge in [-0.1, -0.05) is 30.3 Å². The van der Waals surface area contributed by atoms with Crippen LogP contribution in [0.25, 0.3) is 0 Å². The molecule has 0 aliphatic rings. The molecule has 1 N–H and O–H groups in total. The number of nitrogens with one attached hydrogen (secondary N) is 1. The van der Waals surface area contributed by atoms with Gasteiger partial charge in [-0.15, -0.1) is 0 Å². The lowest BCUT2D eigenvalue weighted by Crippen LogP contribution is -2.35. The van der Waals surface area contributed by atoms with Crippen LogP contribution in [0.2, 0.25) is 0 Å². The van der Waals surface area contributed by atoms with Crippen LogP contribution >= 0.6 is 0 Å². The van der Waals surface area contributed by atoms with Gasteiger partial charge in [0.1, 0.15) is 11.6 Å². The number of nitrogens with zero attached hydrogens (tertiary/aromatic N) is 1. The van der Waals surface area contributed by atoms with Crippen molar-refractivity contribution in [1.82, 2.24) is 10.2 Å². The molecule has 6 heteroatoms. The molecule has 150 valence electrons. The Morgan fingerprint density at radius 1 is 1.04 bits per heavy atom. The molecule has 2 amide bonds. The largest absolute Gasteiger partial charge is 0.497 e. The van der Waals surface area contributed by atoms with Crippen molar-refractivity contribution < 1.29 is 18.7 Å². The maximum atomic E-state index is 13.6. The lowest BCUT2D eigenvalue weighted by molar-refractivity contribution is -0.129. The van der Waals surface area contributed by atoms with Gasteiger partial charge in [0.05, 0.1) is 7.11 Å². The third kappa shape index (κ3) is 7.02. The average molecular weight is 386 g/mol. The van der Waals surface area contributed by atoms with Crippen molar-refractivity contribution in [2.24, 2.45) is 0 Å². The summed E-state index contributed by atoms with van der Waals surface area (Å²) in [6.45, 7) is 2.77. The monoisotopic (exact) mass is 386 g/mol. The molecule has 0 bridgehead atoms. The first-order valence-corrected chi connectivity index (χ1v) is 9.38. The summed E-state index contributed by atoms with van der Waals surface area (Å²) in [7, 11) is 1.62. The van der Waals surface area contributed by atoms with Gasteiger partial charge in [-0.3, -0.25) is 9.59 Å².